The minimum absolute atomic E-state index is 0.151. The van der Waals surface area contributed by atoms with E-state index < -0.39 is 0 Å². The lowest BCUT2D eigenvalue weighted by atomic mass is 10.1. The van der Waals surface area contributed by atoms with Crippen molar-refractivity contribution < 1.29 is 4.74 Å². The van der Waals surface area contributed by atoms with Gasteiger partial charge in [-0.05, 0) is 68.7 Å². The average Bonchev–Trinajstić information content (AvgIpc) is 2.53. The summed E-state index contributed by atoms with van der Waals surface area (Å²) in [6, 6.07) is 15.7. The number of thiocarbonyl (C=S) groups is 1. The third-order valence-electron chi connectivity index (χ3n) is 3.30. The fraction of sp³-hybridized carbons (Fsp3) is 0.316. The van der Waals surface area contributed by atoms with Crippen molar-refractivity contribution >= 4 is 34.6 Å². The molecule has 3 nitrogen and oxygen atoms in total. The Kier molecular flexibility index (Phi) is 7.35. The molecule has 0 aliphatic carbocycles. The standard InChI is InChI=1S/C19H23ClN2OS/c1-14(2)23-18-7-3-6-17(13-18)22-19(24)21-12-4-5-15-8-10-16(20)11-9-15/h3,6-11,13-14H,4-5,12H2,1-2H3,(H2,21,22,24). The Labute approximate surface area is 154 Å². The predicted octanol–water partition coefficient (Wildman–Crippen LogP) is 5.05. The first kappa shape index (κ1) is 18.6. The van der Waals surface area contributed by atoms with E-state index in [-0.39, 0.29) is 6.10 Å². The molecule has 0 atom stereocenters. The van der Waals surface area contributed by atoms with Crippen molar-refractivity contribution in [2.24, 2.45) is 0 Å². The van der Waals surface area contributed by atoms with Crippen molar-refractivity contribution in [1.29, 1.82) is 0 Å². The highest BCUT2D eigenvalue weighted by molar-refractivity contribution is 7.80. The Bertz CT molecular complexity index is 659. The fourth-order valence-electron chi connectivity index (χ4n) is 2.24. The second kappa shape index (κ2) is 9.50. The number of halogens is 1. The highest BCUT2D eigenvalue weighted by Crippen LogP contribution is 2.18. The van der Waals surface area contributed by atoms with Crippen LogP contribution in [-0.2, 0) is 6.42 Å². The van der Waals surface area contributed by atoms with Gasteiger partial charge in [0.15, 0.2) is 5.11 Å². The van der Waals surface area contributed by atoms with E-state index in [0.717, 1.165) is 35.8 Å². The molecule has 0 saturated heterocycles. The minimum Gasteiger partial charge on any atom is -0.491 e. The van der Waals surface area contributed by atoms with Gasteiger partial charge in [-0.3, -0.25) is 0 Å². The van der Waals surface area contributed by atoms with Gasteiger partial charge in [0.1, 0.15) is 5.75 Å². The van der Waals surface area contributed by atoms with E-state index in [0.29, 0.717) is 5.11 Å². The molecule has 2 aromatic rings. The van der Waals surface area contributed by atoms with Crippen LogP contribution in [0, 0.1) is 0 Å². The molecule has 0 heterocycles. The number of ether oxygens (including phenoxy) is 1. The molecule has 0 aromatic heterocycles. The molecule has 24 heavy (non-hydrogen) atoms. The lowest BCUT2D eigenvalue weighted by molar-refractivity contribution is 0.242. The molecule has 128 valence electrons. The molecule has 0 bridgehead atoms. The van der Waals surface area contributed by atoms with Gasteiger partial charge in [-0.25, -0.2) is 0 Å². The molecule has 0 radical (unpaired) electrons. The topological polar surface area (TPSA) is 33.3 Å². The van der Waals surface area contributed by atoms with Gasteiger partial charge in [-0.1, -0.05) is 29.8 Å². The smallest absolute Gasteiger partial charge is 0.170 e. The summed E-state index contributed by atoms with van der Waals surface area (Å²) in [5.41, 5.74) is 2.20. The van der Waals surface area contributed by atoms with Gasteiger partial charge in [-0.2, -0.15) is 0 Å². The SMILES string of the molecule is CC(C)Oc1cccc(NC(=S)NCCCc2ccc(Cl)cc2)c1. The summed E-state index contributed by atoms with van der Waals surface area (Å²) in [5, 5.41) is 7.80. The first-order valence-electron chi connectivity index (χ1n) is 8.09. The molecule has 5 heteroatoms. The van der Waals surface area contributed by atoms with Gasteiger partial charge in [-0.15, -0.1) is 0 Å². The van der Waals surface area contributed by atoms with Crippen LogP contribution in [0.1, 0.15) is 25.8 Å². The Balaban J connectivity index is 1.72. The number of hydrogen-bond donors (Lipinski definition) is 2. The van der Waals surface area contributed by atoms with Crippen molar-refractivity contribution in [3.05, 3.63) is 59.1 Å². The number of nitrogens with one attached hydrogen (secondary N) is 2. The summed E-state index contributed by atoms with van der Waals surface area (Å²) in [6.45, 7) is 4.83. The van der Waals surface area contributed by atoms with E-state index in [2.05, 4.69) is 22.8 Å². The minimum atomic E-state index is 0.151. The third kappa shape index (κ3) is 6.77. The molecule has 0 saturated carbocycles. The van der Waals surface area contributed by atoms with Crippen molar-refractivity contribution in [3.8, 4) is 5.75 Å². The van der Waals surface area contributed by atoms with Gasteiger partial charge in [0.25, 0.3) is 0 Å². The van der Waals surface area contributed by atoms with Crippen LogP contribution in [0.5, 0.6) is 5.75 Å². The maximum absolute atomic E-state index is 5.88. The lowest BCUT2D eigenvalue weighted by Gasteiger charge is -2.13. The van der Waals surface area contributed by atoms with Crippen molar-refractivity contribution in [1.82, 2.24) is 5.32 Å². The van der Waals surface area contributed by atoms with Crippen LogP contribution in [0.25, 0.3) is 0 Å². The Morgan fingerprint density at radius 3 is 2.62 bits per heavy atom. The molecular weight excluding hydrogens is 340 g/mol. The highest BCUT2D eigenvalue weighted by atomic mass is 35.5. The van der Waals surface area contributed by atoms with Crippen molar-refractivity contribution in [3.63, 3.8) is 0 Å². The Hall–Kier alpha value is -1.78. The molecule has 2 rings (SSSR count). The van der Waals surface area contributed by atoms with Gasteiger partial charge in [0, 0.05) is 23.3 Å². The Morgan fingerprint density at radius 2 is 1.92 bits per heavy atom. The zero-order valence-electron chi connectivity index (χ0n) is 14.0. The van der Waals surface area contributed by atoms with Crippen LogP contribution in [0.3, 0.4) is 0 Å². The summed E-state index contributed by atoms with van der Waals surface area (Å²) < 4.78 is 5.68. The second-order valence-corrected chi connectivity index (χ2v) is 6.65. The second-order valence-electron chi connectivity index (χ2n) is 5.81. The van der Waals surface area contributed by atoms with Crippen LogP contribution in [0.2, 0.25) is 5.02 Å². The summed E-state index contributed by atoms with van der Waals surface area (Å²) >= 11 is 11.2. The van der Waals surface area contributed by atoms with E-state index in [1.54, 1.807) is 0 Å². The number of aryl methyl sites for hydroxylation is 1. The van der Waals surface area contributed by atoms with Crippen LogP contribution < -0.4 is 15.4 Å². The van der Waals surface area contributed by atoms with Gasteiger partial charge >= 0.3 is 0 Å². The Morgan fingerprint density at radius 1 is 1.17 bits per heavy atom. The maximum Gasteiger partial charge on any atom is 0.170 e. The first-order chi connectivity index (χ1) is 11.5. The number of anilines is 1. The normalized spacial score (nSPS) is 10.5. The van der Waals surface area contributed by atoms with Crippen LogP contribution in [0.15, 0.2) is 48.5 Å². The number of rotatable bonds is 7. The quantitative estimate of drug-likeness (QED) is 0.533. The monoisotopic (exact) mass is 362 g/mol. The predicted molar refractivity (Wildman–Crippen MR) is 106 cm³/mol. The summed E-state index contributed by atoms with van der Waals surface area (Å²) in [4.78, 5) is 0. The molecule has 0 fully saturated rings. The molecule has 2 N–H and O–H groups in total. The van der Waals surface area contributed by atoms with E-state index in [1.165, 1.54) is 5.56 Å². The van der Waals surface area contributed by atoms with E-state index in [4.69, 9.17) is 28.6 Å². The molecule has 0 aliphatic rings. The van der Waals surface area contributed by atoms with Crippen LogP contribution in [0.4, 0.5) is 5.69 Å². The van der Waals surface area contributed by atoms with Crippen molar-refractivity contribution in [2.75, 3.05) is 11.9 Å². The maximum atomic E-state index is 5.88. The van der Waals surface area contributed by atoms with Gasteiger partial charge in [0.05, 0.1) is 6.10 Å². The average molecular weight is 363 g/mol. The van der Waals surface area contributed by atoms with Gasteiger partial charge in [0.2, 0.25) is 0 Å². The summed E-state index contributed by atoms with van der Waals surface area (Å²) in [7, 11) is 0. The van der Waals surface area contributed by atoms with E-state index in [1.807, 2.05) is 50.2 Å². The molecule has 0 aliphatic heterocycles. The van der Waals surface area contributed by atoms with Crippen LogP contribution in [-0.4, -0.2) is 17.8 Å². The third-order valence-corrected chi connectivity index (χ3v) is 3.80. The summed E-state index contributed by atoms with van der Waals surface area (Å²) in [5.74, 6) is 0.834. The lowest BCUT2D eigenvalue weighted by Crippen LogP contribution is -2.29. The highest BCUT2D eigenvalue weighted by Gasteiger charge is 2.01. The van der Waals surface area contributed by atoms with Crippen molar-refractivity contribution in [2.45, 2.75) is 32.8 Å². The zero-order valence-corrected chi connectivity index (χ0v) is 15.6. The molecule has 0 amide bonds. The largest absolute Gasteiger partial charge is 0.491 e. The number of hydrogen-bond acceptors (Lipinski definition) is 2. The summed E-state index contributed by atoms with van der Waals surface area (Å²) in [6.07, 6.45) is 2.14. The molecular formula is C19H23ClN2OS. The fourth-order valence-corrected chi connectivity index (χ4v) is 2.59. The van der Waals surface area contributed by atoms with E-state index >= 15 is 0 Å². The molecule has 0 unspecified atom stereocenters. The molecule has 0 spiro atoms. The zero-order chi connectivity index (χ0) is 17.4. The van der Waals surface area contributed by atoms with E-state index in [9.17, 15) is 0 Å². The number of benzene rings is 2. The van der Waals surface area contributed by atoms with Gasteiger partial charge < -0.3 is 15.4 Å². The molecule has 2 aromatic carbocycles. The van der Waals surface area contributed by atoms with Crippen LogP contribution >= 0.6 is 23.8 Å². The first-order valence-corrected chi connectivity index (χ1v) is 8.87.